The number of carbonyl (C=O) groups is 1. The van der Waals surface area contributed by atoms with Gasteiger partial charge in [-0.2, -0.15) is 0 Å². The molecule has 0 aliphatic carbocycles. The Labute approximate surface area is 129 Å². The van der Waals surface area contributed by atoms with Crippen LogP contribution in [0.1, 0.15) is 43.8 Å². The number of anilines is 1. The number of aromatic nitrogens is 1. The van der Waals surface area contributed by atoms with Crippen molar-refractivity contribution in [3.63, 3.8) is 0 Å². The molecule has 1 N–H and O–H groups in total. The number of Topliss-reactive ketones (excluding diaryl/α,β-unsaturated/α-hetero) is 1. The average molecular weight is 322 g/mol. The molecule has 0 spiro atoms. The monoisotopic (exact) mass is 322 g/mol. The lowest BCUT2D eigenvalue weighted by molar-refractivity contribution is 0.101. The summed E-state index contributed by atoms with van der Waals surface area (Å²) in [6, 6.07) is 7.38. The highest BCUT2D eigenvalue weighted by atomic mass is 32.2. The summed E-state index contributed by atoms with van der Waals surface area (Å²) in [6.45, 7) is 7.18. The first-order valence-electron chi connectivity index (χ1n) is 6.70. The molecule has 6 nitrogen and oxygen atoms in total. The van der Waals surface area contributed by atoms with Crippen molar-refractivity contribution in [2.24, 2.45) is 0 Å². The van der Waals surface area contributed by atoms with Crippen molar-refractivity contribution >= 4 is 21.6 Å². The number of nitrogens with zero attached hydrogens (tertiary/aromatic N) is 1. The molecule has 0 aliphatic heterocycles. The first-order valence-corrected chi connectivity index (χ1v) is 8.19. The van der Waals surface area contributed by atoms with Crippen molar-refractivity contribution in [3.05, 3.63) is 41.7 Å². The Morgan fingerprint density at radius 3 is 2.45 bits per heavy atom. The van der Waals surface area contributed by atoms with Crippen molar-refractivity contribution in [1.29, 1.82) is 0 Å². The molecule has 1 aromatic carbocycles. The summed E-state index contributed by atoms with van der Waals surface area (Å²) in [6.07, 6.45) is 0. The van der Waals surface area contributed by atoms with Crippen LogP contribution >= 0.6 is 0 Å². The van der Waals surface area contributed by atoms with E-state index in [2.05, 4.69) is 9.88 Å². The molecular formula is C15H18N2O4S. The van der Waals surface area contributed by atoms with Crippen molar-refractivity contribution in [1.82, 2.24) is 5.16 Å². The summed E-state index contributed by atoms with van der Waals surface area (Å²) in [5.74, 6) is 0.481. The van der Waals surface area contributed by atoms with Gasteiger partial charge in [0.25, 0.3) is 10.0 Å². The molecule has 2 rings (SSSR count). The van der Waals surface area contributed by atoms with E-state index in [-0.39, 0.29) is 21.9 Å². The molecule has 0 atom stereocenters. The molecule has 7 heteroatoms. The predicted molar refractivity (Wildman–Crippen MR) is 82.5 cm³/mol. The van der Waals surface area contributed by atoms with Crippen LogP contribution in [-0.4, -0.2) is 19.4 Å². The second-order valence-corrected chi connectivity index (χ2v) is 7.70. The molecule has 2 aromatic rings. The molecule has 118 valence electrons. The van der Waals surface area contributed by atoms with E-state index in [1.165, 1.54) is 25.1 Å². The largest absolute Gasteiger partial charge is 0.359 e. The van der Waals surface area contributed by atoms with Crippen LogP contribution in [0, 0.1) is 0 Å². The molecule has 0 fully saturated rings. The van der Waals surface area contributed by atoms with Crippen molar-refractivity contribution < 1.29 is 17.7 Å². The van der Waals surface area contributed by atoms with Crippen LogP contribution in [0.4, 0.5) is 5.82 Å². The van der Waals surface area contributed by atoms with Gasteiger partial charge >= 0.3 is 0 Å². The van der Waals surface area contributed by atoms with E-state index < -0.39 is 10.0 Å². The van der Waals surface area contributed by atoms with Crippen LogP contribution in [0.3, 0.4) is 0 Å². The number of ketones is 1. The van der Waals surface area contributed by atoms with E-state index in [1.807, 2.05) is 20.8 Å². The predicted octanol–water partition coefficient (Wildman–Crippen LogP) is 2.98. The standard InChI is InChI=1S/C15H18N2O4S/c1-10(18)11-6-5-7-12(8-11)22(19,20)17-14-9-13(21-16-14)15(2,3)4/h5-9H,1-4H3,(H,16,17). The lowest BCUT2D eigenvalue weighted by Gasteiger charge is -2.12. The lowest BCUT2D eigenvalue weighted by Crippen LogP contribution is -2.14. The third-order valence-corrected chi connectivity index (χ3v) is 4.39. The first kappa shape index (κ1) is 16.2. The number of benzene rings is 1. The second-order valence-electron chi connectivity index (χ2n) is 6.02. The van der Waals surface area contributed by atoms with Gasteiger partial charge in [-0.05, 0) is 19.1 Å². The van der Waals surface area contributed by atoms with Crippen molar-refractivity contribution in [2.45, 2.75) is 38.0 Å². The van der Waals surface area contributed by atoms with E-state index in [9.17, 15) is 13.2 Å². The van der Waals surface area contributed by atoms with Gasteiger partial charge in [0.1, 0.15) is 5.76 Å². The summed E-state index contributed by atoms with van der Waals surface area (Å²) >= 11 is 0. The molecule has 0 unspecified atom stereocenters. The summed E-state index contributed by atoms with van der Waals surface area (Å²) < 4.78 is 32.2. The van der Waals surface area contributed by atoms with Gasteiger partial charge in [-0.3, -0.25) is 9.52 Å². The molecule has 0 amide bonds. The molecule has 0 bridgehead atoms. The maximum Gasteiger partial charge on any atom is 0.263 e. The van der Waals surface area contributed by atoms with Crippen LogP contribution in [0.5, 0.6) is 0 Å². The Kier molecular flexibility index (Phi) is 4.10. The quantitative estimate of drug-likeness (QED) is 0.874. The van der Waals surface area contributed by atoms with Crippen LogP contribution < -0.4 is 4.72 Å². The molecule has 0 aliphatic rings. The molecule has 0 saturated heterocycles. The number of sulfonamides is 1. The Morgan fingerprint density at radius 2 is 1.91 bits per heavy atom. The van der Waals surface area contributed by atoms with E-state index >= 15 is 0 Å². The van der Waals surface area contributed by atoms with E-state index in [0.717, 1.165) is 0 Å². The number of hydrogen-bond acceptors (Lipinski definition) is 5. The third-order valence-electron chi connectivity index (χ3n) is 3.04. The topological polar surface area (TPSA) is 89.3 Å². The minimum Gasteiger partial charge on any atom is -0.359 e. The van der Waals surface area contributed by atoms with Crippen LogP contribution in [0.15, 0.2) is 39.8 Å². The van der Waals surface area contributed by atoms with Gasteiger partial charge in [-0.1, -0.05) is 38.1 Å². The molecule has 0 saturated carbocycles. The number of rotatable bonds is 4. The molecule has 0 radical (unpaired) electrons. The van der Waals surface area contributed by atoms with Gasteiger partial charge in [0.15, 0.2) is 11.6 Å². The Bertz CT molecular complexity index is 801. The fraction of sp³-hybridized carbons (Fsp3) is 0.333. The highest BCUT2D eigenvalue weighted by Crippen LogP contribution is 2.25. The van der Waals surface area contributed by atoms with Crippen LogP contribution in [0.25, 0.3) is 0 Å². The van der Waals surface area contributed by atoms with Gasteiger partial charge in [-0.15, -0.1) is 0 Å². The molecule has 1 heterocycles. The summed E-state index contributed by atoms with van der Waals surface area (Å²) in [4.78, 5) is 11.4. The molecule has 1 aromatic heterocycles. The fourth-order valence-corrected chi connectivity index (χ4v) is 2.78. The number of hydrogen-bond donors (Lipinski definition) is 1. The number of nitrogens with one attached hydrogen (secondary N) is 1. The van der Waals surface area contributed by atoms with Gasteiger partial charge in [0, 0.05) is 17.0 Å². The molecule has 22 heavy (non-hydrogen) atoms. The van der Waals surface area contributed by atoms with Crippen molar-refractivity contribution in [2.75, 3.05) is 4.72 Å². The van der Waals surface area contributed by atoms with Gasteiger partial charge < -0.3 is 4.52 Å². The summed E-state index contributed by atoms with van der Waals surface area (Å²) in [7, 11) is -3.83. The average Bonchev–Trinajstić information content (AvgIpc) is 2.86. The summed E-state index contributed by atoms with van der Waals surface area (Å²) in [5, 5.41) is 3.72. The SMILES string of the molecule is CC(=O)c1cccc(S(=O)(=O)Nc2cc(C(C)(C)C)on2)c1. The third kappa shape index (κ3) is 3.54. The lowest BCUT2D eigenvalue weighted by atomic mass is 9.93. The fourth-order valence-electron chi connectivity index (χ4n) is 1.76. The smallest absolute Gasteiger partial charge is 0.263 e. The maximum atomic E-state index is 12.3. The van der Waals surface area contributed by atoms with E-state index in [1.54, 1.807) is 12.1 Å². The van der Waals surface area contributed by atoms with Crippen molar-refractivity contribution in [3.8, 4) is 0 Å². The zero-order valence-corrected chi connectivity index (χ0v) is 13.7. The second kappa shape index (κ2) is 5.57. The van der Waals surface area contributed by atoms with Crippen LogP contribution in [-0.2, 0) is 15.4 Å². The maximum absolute atomic E-state index is 12.3. The highest BCUT2D eigenvalue weighted by Gasteiger charge is 2.22. The van der Waals surface area contributed by atoms with E-state index in [4.69, 9.17) is 4.52 Å². The molecular weight excluding hydrogens is 304 g/mol. The Morgan fingerprint density at radius 1 is 1.23 bits per heavy atom. The van der Waals surface area contributed by atoms with Gasteiger partial charge in [-0.25, -0.2) is 8.42 Å². The van der Waals surface area contributed by atoms with E-state index in [0.29, 0.717) is 11.3 Å². The number of carbonyl (C=O) groups excluding carboxylic acids is 1. The normalized spacial score (nSPS) is 12.2. The minimum atomic E-state index is -3.83. The minimum absolute atomic E-state index is 0.000471. The summed E-state index contributed by atoms with van der Waals surface area (Å²) in [5.41, 5.74) is 0.0593. The highest BCUT2D eigenvalue weighted by molar-refractivity contribution is 7.92. The zero-order valence-electron chi connectivity index (χ0n) is 12.9. The van der Waals surface area contributed by atoms with Crippen LogP contribution in [0.2, 0.25) is 0 Å². The Hall–Kier alpha value is -2.15. The first-order chi connectivity index (χ1) is 10.1. The zero-order chi connectivity index (χ0) is 16.5. The van der Waals surface area contributed by atoms with Gasteiger partial charge in [0.05, 0.1) is 4.90 Å². The Balaban J connectivity index is 2.30. The van der Waals surface area contributed by atoms with Gasteiger partial charge in [0.2, 0.25) is 0 Å².